The van der Waals surface area contributed by atoms with E-state index in [4.69, 9.17) is 14.5 Å². The predicted octanol–water partition coefficient (Wildman–Crippen LogP) is 4.30. The molecule has 1 fully saturated rings. The highest BCUT2D eigenvalue weighted by molar-refractivity contribution is 8.03. The molecule has 36 heavy (non-hydrogen) atoms. The topological polar surface area (TPSA) is 79.8 Å². The number of anilines is 2. The molecule has 1 atom stereocenters. The molecule has 0 radical (unpaired) electrons. The average Bonchev–Trinajstić information content (AvgIpc) is 3.58. The number of hydrogen-bond acceptors (Lipinski definition) is 8. The van der Waals surface area contributed by atoms with Gasteiger partial charge in [0.15, 0.2) is 6.61 Å². The molecule has 1 unspecified atom stereocenters. The van der Waals surface area contributed by atoms with E-state index in [2.05, 4.69) is 46.5 Å². The van der Waals surface area contributed by atoms with Crippen molar-refractivity contribution < 1.29 is 14.3 Å². The molecule has 1 N–H and O–H groups in total. The molecular weight excluding hydrogens is 474 g/mol. The minimum absolute atomic E-state index is 0.0472. The Bertz CT molecular complexity index is 1130. The van der Waals surface area contributed by atoms with E-state index < -0.39 is 0 Å². The Morgan fingerprint density at radius 1 is 1.25 bits per heavy atom. The number of likely N-dealkylation sites (N-methyl/N-ethyl adjacent to an activating group) is 1. The van der Waals surface area contributed by atoms with Crippen LogP contribution < -0.4 is 10.1 Å². The molecule has 0 aliphatic carbocycles. The Balaban J connectivity index is 1.37. The quantitative estimate of drug-likeness (QED) is 0.616. The molecule has 1 aromatic carbocycles. The van der Waals surface area contributed by atoms with E-state index in [-0.39, 0.29) is 17.8 Å². The zero-order chi connectivity index (χ0) is 24.7. The van der Waals surface area contributed by atoms with Gasteiger partial charge in [0.2, 0.25) is 5.95 Å². The molecule has 1 aromatic heterocycles. The lowest BCUT2D eigenvalue weighted by atomic mass is 10.1. The second-order valence-corrected chi connectivity index (χ2v) is 10.7. The number of fused-ring (bicyclic) bond motifs is 7. The summed E-state index contributed by atoms with van der Waals surface area (Å²) in [5, 5.41) is 3.63. The second-order valence-electron chi connectivity index (χ2n) is 9.33. The number of ether oxygens (including phenoxy) is 2. The summed E-state index contributed by atoms with van der Waals surface area (Å²) in [6.45, 7) is 4.36. The van der Waals surface area contributed by atoms with Crippen molar-refractivity contribution in [3.8, 4) is 5.75 Å². The maximum Gasteiger partial charge on any atom is 0.260 e. The van der Waals surface area contributed by atoms with E-state index in [0.717, 1.165) is 61.6 Å². The van der Waals surface area contributed by atoms with Gasteiger partial charge >= 0.3 is 0 Å². The highest BCUT2D eigenvalue weighted by atomic mass is 32.2. The average molecular weight is 508 g/mol. The van der Waals surface area contributed by atoms with Crippen molar-refractivity contribution in [3.63, 3.8) is 0 Å². The van der Waals surface area contributed by atoms with Crippen molar-refractivity contribution >= 4 is 29.3 Å². The van der Waals surface area contributed by atoms with Gasteiger partial charge in [0, 0.05) is 48.5 Å². The first kappa shape index (κ1) is 24.8. The van der Waals surface area contributed by atoms with Gasteiger partial charge in [0.25, 0.3) is 5.91 Å². The van der Waals surface area contributed by atoms with Crippen molar-refractivity contribution in [1.29, 1.82) is 0 Å². The number of aromatic nitrogens is 2. The highest BCUT2D eigenvalue weighted by Gasteiger charge is 2.22. The third-order valence-electron chi connectivity index (χ3n) is 6.47. The molecule has 3 aliphatic rings. The number of carbonyl (C=O) groups excluding carboxylic acids is 1. The summed E-state index contributed by atoms with van der Waals surface area (Å²) in [6.07, 6.45) is 11.3. The van der Waals surface area contributed by atoms with Crippen molar-refractivity contribution in [3.05, 3.63) is 64.9 Å². The number of nitrogens with one attached hydrogen (secondary N) is 1. The first-order chi connectivity index (χ1) is 17.6. The second kappa shape index (κ2) is 11.9. The zero-order valence-electron chi connectivity index (χ0n) is 20.7. The smallest absolute Gasteiger partial charge is 0.260 e. The SMILES string of the molecule is CN1C/C=C/COCC2=CCC(S2)c2ccnc(n2)Nc2ccc(OCC(=O)N3CCCC3)c(c2)C1. The Hall–Kier alpha value is -2.88. The highest BCUT2D eigenvalue weighted by Crippen LogP contribution is 2.43. The Kier molecular flexibility index (Phi) is 8.20. The summed E-state index contributed by atoms with van der Waals surface area (Å²) in [6, 6.07) is 7.92. The molecule has 6 bridgehead atoms. The van der Waals surface area contributed by atoms with Gasteiger partial charge in [-0.3, -0.25) is 9.69 Å². The fourth-order valence-electron chi connectivity index (χ4n) is 4.56. The van der Waals surface area contributed by atoms with Crippen LogP contribution in [-0.4, -0.2) is 72.2 Å². The Labute approximate surface area is 216 Å². The van der Waals surface area contributed by atoms with Gasteiger partial charge < -0.3 is 19.7 Å². The van der Waals surface area contributed by atoms with Crippen LogP contribution in [0.5, 0.6) is 5.75 Å². The van der Waals surface area contributed by atoms with Crippen molar-refractivity contribution in [2.45, 2.75) is 31.1 Å². The van der Waals surface area contributed by atoms with Crippen LogP contribution in [-0.2, 0) is 16.1 Å². The summed E-state index contributed by atoms with van der Waals surface area (Å²) in [5.41, 5.74) is 2.89. The lowest BCUT2D eigenvalue weighted by Crippen LogP contribution is -2.32. The number of hydrogen-bond donors (Lipinski definition) is 1. The minimum atomic E-state index is 0.0472. The predicted molar refractivity (Wildman–Crippen MR) is 142 cm³/mol. The molecule has 3 aliphatic heterocycles. The number of allylic oxidation sites excluding steroid dienone is 1. The maximum atomic E-state index is 12.5. The van der Waals surface area contributed by atoms with E-state index in [0.29, 0.717) is 25.7 Å². The molecule has 190 valence electrons. The molecule has 1 saturated heterocycles. The maximum absolute atomic E-state index is 12.5. The van der Waals surface area contributed by atoms with Crippen molar-refractivity contribution in [2.24, 2.45) is 0 Å². The Morgan fingerprint density at radius 3 is 3.03 bits per heavy atom. The molecule has 4 heterocycles. The third-order valence-corrected chi connectivity index (χ3v) is 7.77. The fraction of sp³-hybridized carbons (Fsp3) is 0.444. The van der Waals surface area contributed by atoms with Gasteiger partial charge in [-0.25, -0.2) is 9.97 Å². The number of rotatable bonds is 3. The number of carbonyl (C=O) groups is 1. The van der Waals surface area contributed by atoms with Crippen LogP contribution in [0.2, 0.25) is 0 Å². The van der Waals surface area contributed by atoms with Crippen LogP contribution >= 0.6 is 11.8 Å². The molecule has 9 heteroatoms. The first-order valence-electron chi connectivity index (χ1n) is 12.5. The first-order valence-corrected chi connectivity index (χ1v) is 13.4. The van der Waals surface area contributed by atoms with Crippen LogP contribution in [0.25, 0.3) is 0 Å². The van der Waals surface area contributed by atoms with E-state index in [9.17, 15) is 4.79 Å². The molecule has 0 spiro atoms. The van der Waals surface area contributed by atoms with Crippen molar-refractivity contribution in [1.82, 2.24) is 19.8 Å². The number of thioether (sulfide) groups is 1. The summed E-state index contributed by atoms with van der Waals surface area (Å²) in [5.74, 6) is 1.34. The number of amides is 1. The summed E-state index contributed by atoms with van der Waals surface area (Å²) in [7, 11) is 2.06. The molecule has 8 nitrogen and oxygen atoms in total. The van der Waals surface area contributed by atoms with Crippen LogP contribution in [0.15, 0.2) is 53.6 Å². The lowest BCUT2D eigenvalue weighted by molar-refractivity contribution is -0.132. The monoisotopic (exact) mass is 507 g/mol. The lowest BCUT2D eigenvalue weighted by Gasteiger charge is -2.20. The van der Waals surface area contributed by atoms with E-state index in [1.807, 2.05) is 34.9 Å². The number of benzene rings is 1. The van der Waals surface area contributed by atoms with Crippen molar-refractivity contribution in [2.75, 3.05) is 51.8 Å². The van der Waals surface area contributed by atoms with Crippen LogP contribution in [0.3, 0.4) is 0 Å². The van der Waals surface area contributed by atoms with Gasteiger partial charge in [0.1, 0.15) is 5.75 Å². The van der Waals surface area contributed by atoms with E-state index in [1.165, 1.54) is 4.91 Å². The van der Waals surface area contributed by atoms with E-state index >= 15 is 0 Å². The van der Waals surface area contributed by atoms with Gasteiger partial charge in [-0.1, -0.05) is 18.2 Å². The fourth-order valence-corrected chi connectivity index (χ4v) is 5.71. The van der Waals surface area contributed by atoms with Crippen LogP contribution in [0.1, 0.15) is 35.8 Å². The van der Waals surface area contributed by atoms with Gasteiger partial charge in [-0.2, -0.15) is 0 Å². The largest absolute Gasteiger partial charge is 0.483 e. The van der Waals surface area contributed by atoms with Crippen LogP contribution in [0.4, 0.5) is 11.6 Å². The summed E-state index contributed by atoms with van der Waals surface area (Å²) >= 11 is 1.81. The summed E-state index contributed by atoms with van der Waals surface area (Å²) < 4.78 is 11.9. The minimum Gasteiger partial charge on any atom is -0.483 e. The van der Waals surface area contributed by atoms with Crippen LogP contribution in [0, 0.1) is 0 Å². The third kappa shape index (κ3) is 6.46. The normalized spacial score (nSPS) is 21.8. The summed E-state index contributed by atoms with van der Waals surface area (Å²) in [4.78, 5) is 27.1. The van der Waals surface area contributed by atoms with E-state index in [1.54, 1.807) is 6.20 Å². The number of likely N-dealkylation sites (tertiary alicyclic amines) is 1. The Morgan fingerprint density at radius 2 is 2.14 bits per heavy atom. The zero-order valence-corrected chi connectivity index (χ0v) is 21.5. The van der Waals surface area contributed by atoms with Gasteiger partial charge in [0.05, 0.1) is 24.2 Å². The molecule has 5 rings (SSSR count). The van der Waals surface area contributed by atoms with Gasteiger partial charge in [-0.15, -0.1) is 11.8 Å². The number of nitrogens with zero attached hydrogens (tertiary/aromatic N) is 4. The van der Waals surface area contributed by atoms with Gasteiger partial charge in [-0.05, 0) is 50.6 Å². The standard InChI is InChI=1S/C27H33N5O3S/c1-31-12-4-5-15-34-18-22-7-9-25(36-22)23-10-11-28-27(30-23)29-21-6-8-24(20(16-21)17-31)35-19-26(33)32-13-2-3-14-32/h4-8,10-11,16,25H,2-3,9,12-15,17-19H2,1H3,(H,28,29,30)/b5-4+. The molecule has 2 aromatic rings. The molecule has 0 saturated carbocycles. The molecule has 1 amide bonds. The molecular formula is C27H33N5O3S.